The van der Waals surface area contributed by atoms with Crippen LogP contribution in [-0.2, 0) is 11.2 Å². The summed E-state index contributed by atoms with van der Waals surface area (Å²) >= 11 is 0. The summed E-state index contributed by atoms with van der Waals surface area (Å²) in [7, 11) is 0. The van der Waals surface area contributed by atoms with Crippen LogP contribution in [0.4, 0.5) is 0 Å². The van der Waals surface area contributed by atoms with E-state index in [1.54, 1.807) is 0 Å². The van der Waals surface area contributed by atoms with Crippen LogP contribution in [-0.4, -0.2) is 24.9 Å². The molecule has 18 heavy (non-hydrogen) atoms. The first-order valence-corrected chi connectivity index (χ1v) is 6.39. The van der Waals surface area contributed by atoms with E-state index < -0.39 is 0 Å². The summed E-state index contributed by atoms with van der Waals surface area (Å²) in [5.41, 5.74) is 2.52. The molecule has 0 radical (unpaired) electrons. The van der Waals surface area contributed by atoms with Crippen molar-refractivity contribution >= 4 is 10.8 Å². The van der Waals surface area contributed by atoms with Crippen LogP contribution in [0.5, 0.6) is 0 Å². The summed E-state index contributed by atoms with van der Waals surface area (Å²) in [6.07, 6.45) is 0.896. The zero-order valence-electron chi connectivity index (χ0n) is 10.6. The van der Waals surface area contributed by atoms with Gasteiger partial charge in [0, 0.05) is 5.41 Å². The molecule has 1 N–H and O–H groups in total. The first-order chi connectivity index (χ1) is 8.71. The van der Waals surface area contributed by atoms with Crippen molar-refractivity contribution in [2.24, 2.45) is 5.41 Å². The lowest BCUT2D eigenvalue weighted by Gasteiger charge is -2.40. The second kappa shape index (κ2) is 4.38. The molecule has 0 saturated carbocycles. The average molecular weight is 242 g/mol. The van der Waals surface area contributed by atoms with Gasteiger partial charge >= 0.3 is 0 Å². The normalized spacial score (nSPS) is 17.7. The van der Waals surface area contributed by atoms with Gasteiger partial charge in [-0.15, -0.1) is 0 Å². The van der Waals surface area contributed by atoms with Crippen LogP contribution in [0.25, 0.3) is 10.8 Å². The van der Waals surface area contributed by atoms with E-state index in [2.05, 4.69) is 43.3 Å². The number of aryl methyl sites for hydroxylation is 1. The minimum Gasteiger partial charge on any atom is -0.396 e. The number of aliphatic hydroxyl groups is 1. The third-order valence-corrected chi connectivity index (χ3v) is 3.79. The topological polar surface area (TPSA) is 29.5 Å². The highest BCUT2D eigenvalue weighted by Gasteiger charge is 2.37. The lowest BCUT2D eigenvalue weighted by atomic mass is 9.80. The molecule has 1 saturated heterocycles. The largest absolute Gasteiger partial charge is 0.396 e. The lowest BCUT2D eigenvalue weighted by Crippen LogP contribution is -2.47. The first kappa shape index (κ1) is 11.7. The standard InChI is InChI=1S/C16H18O2/c1-12-2-4-15-7-13(3-5-14(15)6-12)8-16(9-17)10-18-11-16/h2-7,17H,8-11H2,1H3. The van der Waals surface area contributed by atoms with E-state index in [1.807, 2.05) is 0 Å². The van der Waals surface area contributed by atoms with Gasteiger partial charge in [0.2, 0.25) is 0 Å². The molecule has 2 aromatic carbocycles. The van der Waals surface area contributed by atoms with E-state index in [-0.39, 0.29) is 12.0 Å². The Morgan fingerprint density at radius 3 is 2.50 bits per heavy atom. The highest BCUT2D eigenvalue weighted by molar-refractivity contribution is 5.83. The molecule has 0 spiro atoms. The highest BCUT2D eigenvalue weighted by Crippen LogP contribution is 2.32. The third-order valence-electron chi connectivity index (χ3n) is 3.79. The average Bonchev–Trinajstić information content (AvgIpc) is 2.34. The second-order valence-corrected chi connectivity index (χ2v) is 5.51. The third kappa shape index (κ3) is 2.02. The fourth-order valence-electron chi connectivity index (χ4n) is 2.60. The molecular formula is C16H18O2. The van der Waals surface area contributed by atoms with Gasteiger partial charge in [0.15, 0.2) is 0 Å². The van der Waals surface area contributed by atoms with Crippen LogP contribution in [0.2, 0.25) is 0 Å². The zero-order chi connectivity index (χ0) is 12.6. The number of ether oxygens (including phenoxy) is 1. The number of hydrogen-bond donors (Lipinski definition) is 1. The number of fused-ring (bicyclic) bond motifs is 1. The Bertz CT molecular complexity index is 565. The highest BCUT2D eigenvalue weighted by atomic mass is 16.5. The van der Waals surface area contributed by atoms with Crippen molar-refractivity contribution in [2.75, 3.05) is 19.8 Å². The van der Waals surface area contributed by atoms with Crippen molar-refractivity contribution < 1.29 is 9.84 Å². The number of hydrogen-bond acceptors (Lipinski definition) is 2. The summed E-state index contributed by atoms with van der Waals surface area (Å²) in [5.74, 6) is 0. The van der Waals surface area contributed by atoms with Crippen LogP contribution < -0.4 is 0 Å². The molecule has 1 heterocycles. The Balaban J connectivity index is 1.91. The van der Waals surface area contributed by atoms with Crippen LogP contribution in [0, 0.1) is 12.3 Å². The number of aliphatic hydroxyl groups excluding tert-OH is 1. The summed E-state index contributed by atoms with van der Waals surface area (Å²) < 4.78 is 5.24. The van der Waals surface area contributed by atoms with Crippen molar-refractivity contribution in [1.29, 1.82) is 0 Å². The Hall–Kier alpha value is -1.38. The van der Waals surface area contributed by atoms with Gasteiger partial charge in [0.25, 0.3) is 0 Å². The minimum absolute atomic E-state index is 0.0433. The molecule has 0 aromatic heterocycles. The van der Waals surface area contributed by atoms with Gasteiger partial charge < -0.3 is 9.84 Å². The molecular weight excluding hydrogens is 224 g/mol. The Labute approximate surface area is 107 Å². The van der Waals surface area contributed by atoms with E-state index in [4.69, 9.17) is 4.74 Å². The molecule has 0 unspecified atom stereocenters. The molecule has 1 aliphatic rings. The van der Waals surface area contributed by atoms with E-state index >= 15 is 0 Å². The van der Waals surface area contributed by atoms with Crippen LogP contribution in [0.3, 0.4) is 0 Å². The molecule has 1 aliphatic heterocycles. The maximum atomic E-state index is 9.47. The van der Waals surface area contributed by atoms with Gasteiger partial charge in [-0.3, -0.25) is 0 Å². The van der Waals surface area contributed by atoms with Crippen molar-refractivity contribution in [1.82, 2.24) is 0 Å². The minimum atomic E-state index is -0.0433. The smallest absolute Gasteiger partial charge is 0.0570 e. The SMILES string of the molecule is Cc1ccc2cc(CC3(CO)COC3)ccc2c1. The molecule has 2 nitrogen and oxygen atoms in total. The quantitative estimate of drug-likeness (QED) is 0.896. The summed E-state index contributed by atoms with van der Waals surface area (Å²) in [4.78, 5) is 0. The summed E-state index contributed by atoms with van der Waals surface area (Å²) in [6, 6.07) is 13.1. The molecule has 0 bridgehead atoms. The Kier molecular flexibility index (Phi) is 2.84. The monoisotopic (exact) mass is 242 g/mol. The maximum absolute atomic E-state index is 9.47. The zero-order valence-corrected chi connectivity index (χ0v) is 10.6. The van der Waals surface area contributed by atoms with Crippen molar-refractivity contribution in [3.05, 3.63) is 47.5 Å². The Morgan fingerprint density at radius 1 is 1.11 bits per heavy atom. The summed E-state index contributed by atoms with van der Waals surface area (Å²) in [6.45, 7) is 3.67. The van der Waals surface area contributed by atoms with Crippen molar-refractivity contribution in [2.45, 2.75) is 13.3 Å². The molecule has 2 aromatic rings. The number of rotatable bonds is 3. The van der Waals surface area contributed by atoms with Gasteiger partial charge in [0.05, 0.1) is 19.8 Å². The van der Waals surface area contributed by atoms with Crippen LogP contribution in [0.1, 0.15) is 11.1 Å². The van der Waals surface area contributed by atoms with Gasteiger partial charge in [-0.05, 0) is 29.7 Å². The molecule has 94 valence electrons. The van der Waals surface area contributed by atoms with Crippen molar-refractivity contribution in [3.63, 3.8) is 0 Å². The fourth-order valence-corrected chi connectivity index (χ4v) is 2.60. The molecule has 0 aliphatic carbocycles. The van der Waals surface area contributed by atoms with E-state index in [0.717, 1.165) is 6.42 Å². The lowest BCUT2D eigenvalue weighted by molar-refractivity contribution is -0.135. The maximum Gasteiger partial charge on any atom is 0.0570 e. The van der Waals surface area contributed by atoms with E-state index in [1.165, 1.54) is 21.9 Å². The Morgan fingerprint density at radius 2 is 1.83 bits per heavy atom. The molecule has 0 atom stereocenters. The summed E-state index contributed by atoms with van der Waals surface area (Å²) in [5, 5.41) is 12.0. The van der Waals surface area contributed by atoms with Gasteiger partial charge in [-0.1, -0.05) is 42.0 Å². The molecule has 3 rings (SSSR count). The second-order valence-electron chi connectivity index (χ2n) is 5.51. The number of benzene rings is 2. The predicted octanol–water partition coefficient (Wildman–Crippen LogP) is 2.70. The van der Waals surface area contributed by atoms with Gasteiger partial charge in [0.1, 0.15) is 0 Å². The van der Waals surface area contributed by atoms with Crippen LogP contribution in [0.15, 0.2) is 36.4 Å². The van der Waals surface area contributed by atoms with Gasteiger partial charge in [-0.2, -0.15) is 0 Å². The van der Waals surface area contributed by atoms with E-state index in [0.29, 0.717) is 13.2 Å². The first-order valence-electron chi connectivity index (χ1n) is 6.39. The van der Waals surface area contributed by atoms with Crippen LogP contribution >= 0.6 is 0 Å². The molecule has 1 fully saturated rings. The fraction of sp³-hybridized carbons (Fsp3) is 0.375. The van der Waals surface area contributed by atoms with E-state index in [9.17, 15) is 5.11 Å². The van der Waals surface area contributed by atoms with Gasteiger partial charge in [-0.25, -0.2) is 0 Å². The van der Waals surface area contributed by atoms with Crippen molar-refractivity contribution in [3.8, 4) is 0 Å². The predicted molar refractivity (Wildman–Crippen MR) is 72.7 cm³/mol. The molecule has 0 amide bonds. The molecule has 2 heteroatoms.